The van der Waals surface area contributed by atoms with Crippen LogP contribution in [0.3, 0.4) is 0 Å². The van der Waals surface area contributed by atoms with Crippen LogP contribution in [0.15, 0.2) is 41.0 Å². The lowest BCUT2D eigenvalue weighted by atomic mass is 10.1. The number of furan rings is 1. The van der Waals surface area contributed by atoms with Gasteiger partial charge in [0.2, 0.25) is 5.91 Å². The molecule has 0 bridgehead atoms. The molecule has 1 fully saturated rings. The summed E-state index contributed by atoms with van der Waals surface area (Å²) < 4.78 is 10.2. The van der Waals surface area contributed by atoms with Crippen LogP contribution in [0, 0.1) is 23.0 Å². The van der Waals surface area contributed by atoms with Crippen LogP contribution < -0.4 is 5.32 Å². The number of amides is 2. The van der Waals surface area contributed by atoms with Gasteiger partial charge in [0.15, 0.2) is 6.61 Å². The number of nitro benzene ring substituents is 1. The fourth-order valence-corrected chi connectivity index (χ4v) is 3.02. The van der Waals surface area contributed by atoms with E-state index < -0.39 is 29.3 Å². The average molecular weight is 401 g/mol. The zero-order chi connectivity index (χ0) is 21.0. The molecule has 0 radical (unpaired) electrons. The van der Waals surface area contributed by atoms with E-state index in [0.717, 1.165) is 0 Å². The van der Waals surface area contributed by atoms with Gasteiger partial charge in [-0.1, -0.05) is 0 Å². The number of anilines is 1. The maximum atomic E-state index is 12.2. The molecule has 152 valence electrons. The van der Waals surface area contributed by atoms with Crippen LogP contribution in [0.25, 0.3) is 0 Å². The largest absolute Gasteiger partial charge is 0.467 e. The Balaban J connectivity index is 1.48. The molecule has 10 heteroatoms. The topological polar surface area (TPSA) is 132 Å². The molecule has 0 aliphatic carbocycles. The van der Waals surface area contributed by atoms with Crippen molar-refractivity contribution < 1.29 is 28.5 Å². The van der Waals surface area contributed by atoms with Crippen molar-refractivity contribution in [3.05, 3.63) is 58.0 Å². The Hall–Kier alpha value is -3.69. The zero-order valence-corrected chi connectivity index (χ0v) is 15.6. The van der Waals surface area contributed by atoms with Crippen LogP contribution in [-0.4, -0.2) is 40.8 Å². The van der Waals surface area contributed by atoms with Gasteiger partial charge in [-0.3, -0.25) is 24.5 Å². The average Bonchev–Trinajstić information content (AvgIpc) is 3.32. The quantitative estimate of drug-likeness (QED) is 0.426. The van der Waals surface area contributed by atoms with Gasteiger partial charge in [0.05, 0.1) is 23.6 Å². The Morgan fingerprint density at radius 2 is 2.17 bits per heavy atom. The van der Waals surface area contributed by atoms with Gasteiger partial charge in [-0.05, 0) is 30.7 Å². The third-order valence-corrected chi connectivity index (χ3v) is 4.52. The summed E-state index contributed by atoms with van der Waals surface area (Å²) in [5.41, 5.74) is 0.808. The van der Waals surface area contributed by atoms with E-state index in [4.69, 9.17) is 9.15 Å². The van der Waals surface area contributed by atoms with Gasteiger partial charge < -0.3 is 19.4 Å². The van der Waals surface area contributed by atoms with Gasteiger partial charge in [0.25, 0.3) is 11.6 Å². The van der Waals surface area contributed by atoms with Crippen molar-refractivity contribution in [3.8, 4) is 0 Å². The highest BCUT2D eigenvalue weighted by atomic mass is 16.6. The molecular weight excluding hydrogens is 382 g/mol. The number of likely N-dealkylation sites (tertiary alicyclic amines) is 1. The summed E-state index contributed by atoms with van der Waals surface area (Å²) in [5.74, 6) is -1.42. The fourth-order valence-electron chi connectivity index (χ4n) is 3.02. The number of nitrogens with zero attached hydrogens (tertiary/aromatic N) is 2. The van der Waals surface area contributed by atoms with E-state index in [1.165, 1.54) is 29.4 Å². The molecule has 1 aliphatic heterocycles. The lowest BCUT2D eigenvalue weighted by Crippen LogP contribution is -2.28. The van der Waals surface area contributed by atoms with Crippen molar-refractivity contribution in [2.75, 3.05) is 18.5 Å². The first-order valence-electron chi connectivity index (χ1n) is 8.85. The highest BCUT2D eigenvalue weighted by Gasteiger charge is 2.35. The summed E-state index contributed by atoms with van der Waals surface area (Å²) >= 11 is 0. The maximum Gasteiger partial charge on any atom is 0.311 e. The second kappa shape index (κ2) is 8.55. The summed E-state index contributed by atoms with van der Waals surface area (Å²) in [7, 11) is 0. The normalized spacial score (nSPS) is 16.0. The monoisotopic (exact) mass is 401 g/mol. The minimum absolute atomic E-state index is 0.0165. The first-order chi connectivity index (χ1) is 13.8. The van der Waals surface area contributed by atoms with E-state index in [2.05, 4.69) is 5.32 Å². The summed E-state index contributed by atoms with van der Waals surface area (Å²) in [6.45, 7) is 1.57. The predicted molar refractivity (Wildman–Crippen MR) is 99.7 cm³/mol. The van der Waals surface area contributed by atoms with Crippen LogP contribution >= 0.6 is 0 Å². The second-order valence-electron chi connectivity index (χ2n) is 6.67. The molecule has 2 amide bonds. The molecular formula is C19H19N3O7. The van der Waals surface area contributed by atoms with E-state index in [1.807, 2.05) is 0 Å². The molecule has 0 unspecified atom stereocenters. The van der Waals surface area contributed by atoms with Gasteiger partial charge in [0, 0.05) is 30.8 Å². The number of carbonyl (C=O) groups is 3. The minimum Gasteiger partial charge on any atom is -0.467 e. The molecule has 3 rings (SSSR count). The minimum atomic E-state index is -0.647. The summed E-state index contributed by atoms with van der Waals surface area (Å²) in [6, 6.07) is 7.47. The van der Waals surface area contributed by atoms with Crippen molar-refractivity contribution in [1.29, 1.82) is 0 Å². The Bertz CT molecular complexity index is 939. The summed E-state index contributed by atoms with van der Waals surface area (Å²) in [4.78, 5) is 48.0. The Kier molecular flexibility index (Phi) is 5.91. The molecule has 2 aromatic rings. The van der Waals surface area contributed by atoms with Gasteiger partial charge in [-0.25, -0.2) is 0 Å². The van der Waals surface area contributed by atoms with Crippen molar-refractivity contribution in [2.24, 2.45) is 5.92 Å². The lowest BCUT2D eigenvalue weighted by Gasteiger charge is -2.14. The Morgan fingerprint density at radius 1 is 1.38 bits per heavy atom. The number of benzene rings is 1. The number of rotatable bonds is 7. The molecule has 1 atom stereocenters. The van der Waals surface area contributed by atoms with Gasteiger partial charge in [-0.15, -0.1) is 0 Å². The first kappa shape index (κ1) is 20.1. The van der Waals surface area contributed by atoms with Gasteiger partial charge in [0.1, 0.15) is 5.76 Å². The number of esters is 1. The van der Waals surface area contributed by atoms with Crippen LogP contribution in [0.1, 0.15) is 17.7 Å². The SMILES string of the molecule is Cc1cc([N+](=O)[O-])ccc1NC(=O)COC(=O)[C@H]1CC(=O)N(Cc2ccco2)C1. The molecule has 1 aromatic heterocycles. The number of ether oxygens (including phenoxy) is 1. The number of nitro groups is 1. The molecule has 0 saturated carbocycles. The van der Waals surface area contributed by atoms with Crippen LogP contribution in [-0.2, 0) is 25.7 Å². The highest BCUT2D eigenvalue weighted by molar-refractivity contribution is 5.94. The number of hydrogen-bond acceptors (Lipinski definition) is 7. The molecule has 1 N–H and O–H groups in total. The Labute approximate surface area is 165 Å². The van der Waals surface area contributed by atoms with Crippen molar-refractivity contribution in [2.45, 2.75) is 19.9 Å². The van der Waals surface area contributed by atoms with E-state index >= 15 is 0 Å². The smallest absolute Gasteiger partial charge is 0.311 e. The third-order valence-electron chi connectivity index (χ3n) is 4.52. The number of carbonyl (C=O) groups excluding carboxylic acids is 3. The molecule has 10 nitrogen and oxygen atoms in total. The predicted octanol–water partition coefficient (Wildman–Crippen LogP) is 2.03. The van der Waals surface area contributed by atoms with Crippen LogP contribution in [0.4, 0.5) is 11.4 Å². The molecule has 1 aliphatic rings. The maximum absolute atomic E-state index is 12.2. The number of aryl methyl sites for hydroxylation is 1. The Morgan fingerprint density at radius 3 is 2.83 bits per heavy atom. The van der Waals surface area contributed by atoms with Crippen LogP contribution in [0.2, 0.25) is 0 Å². The first-order valence-corrected chi connectivity index (χ1v) is 8.85. The molecule has 0 spiro atoms. The molecule has 2 heterocycles. The molecule has 1 aromatic carbocycles. The van der Waals surface area contributed by atoms with Crippen molar-refractivity contribution in [1.82, 2.24) is 4.90 Å². The number of nitrogens with one attached hydrogen (secondary N) is 1. The molecule has 29 heavy (non-hydrogen) atoms. The highest BCUT2D eigenvalue weighted by Crippen LogP contribution is 2.23. The van der Waals surface area contributed by atoms with Crippen molar-refractivity contribution >= 4 is 29.2 Å². The summed E-state index contributed by atoms with van der Waals surface area (Å²) in [5, 5.41) is 13.3. The van der Waals surface area contributed by atoms with Crippen molar-refractivity contribution in [3.63, 3.8) is 0 Å². The van der Waals surface area contributed by atoms with E-state index in [1.54, 1.807) is 19.1 Å². The van der Waals surface area contributed by atoms with Gasteiger partial charge in [-0.2, -0.15) is 0 Å². The standard InChI is InChI=1S/C19H19N3O7/c1-12-7-14(22(26)27)4-5-16(12)20-17(23)11-29-19(25)13-8-18(24)21(9-13)10-15-3-2-6-28-15/h2-7,13H,8-11H2,1H3,(H,20,23)/t13-/m0/s1. The fraction of sp³-hybridized carbons (Fsp3) is 0.316. The molecule has 1 saturated heterocycles. The van der Waals surface area contributed by atoms with E-state index in [-0.39, 0.29) is 31.1 Å². The third kappa shape index (κ3) is 4.98. The second-order valence-corrected chi connectivity index (χ2v) is 6.67. The zero-order valence-electron chi connectivity index (χ0n) is 15.6. The number of hydrogen-bond donors (Lipinski definition) is 1. The van der Waals surface area contributed by atoms with E-state index in [0.29, 0.717) is 17.0 Å². The van der Waals surface area contributed by atoms with Crippen LogP contribution in [0.5, 0.6) is 0 Å². The van der Waals surface area contributed by atoms with Gasteiger partial charge >= 0.3 is 5.97 Å². The summed E-state index contributed by atoms with van der Waals surface area (Å²) in [6.07, 6.45) is 1.52. The number of non-ortho nitro benzene ring substituents is 1. The lowest BCUT2D eigenvalue weighted by molar-refractivity contribution is -0.384. The van der Waals surface area contributed by atoms with E-state index in [9.17, 15) is 24.5 Å².